The van der Waals surface area contributed by atoms with E-state index in [1.54, 1.807) is 36.2 Å². The molecule has 1 aromatic carbocycles. The molecule has 0 radical (unpaired) electrons. The first-order valence-corrected chi connectivity index (χ1v) is 8.72. The molecule has 0 unspecified atom stereocenters. The lowest BCUT2D eigenvalue weighted by Crippen LogP contribution is -2.48. The number of carbonyl (C=O) groups is 2. The number of hydrogen-bond donors (Lipinski definition) is 1. The van der Waals surface area contributed by atoms with Crippen LogP contribution in [0.5, 0.6) is 0 Å². The SMILES string of the molecule is CC(=O)N1CCN(c2cnc(C(=O)Nc3ccc(Cl)cc3C)cn2)CC1. The Labute approximate surface area is 157 Å². The third-order valence-corrected chi connectivity index (χ3v) is 4.59. The Morgan fingerprint density at radius 2 is 1.85 bits per heavy atom. The second-order valence-electron chi connectivity index (χ2n) is 6.17. The van der Waals surface area contributed by atoms with E-state index in [1.807, 2.05) is 6.92 Å². The molecule has 0 atom stereocenters. The van der Waals surface area contributed by atoms with E-state index in [9.17, 15) is 9.59 Å². The van der Waals surface area contributed by atoms with E-state index in [1.165, 1.54) is 6.20 Å². The molecule has 1 saturated heterocycles. The number of amides is 2. The minimum absolute atomic E-state index is 0.0836. The molecule has 0 saturated carbocycles. The first kappa shape index (κ1) is 18.1. The van der Waals surface area contributed by atoms with Crippen LogP contribution in [0.2, 0.25) is 5.02 Å². The minimum atomic E-state index is -0.323. The molecule has 1 fully saturated rings. The van der Waals surface area contributed by atoms with Crippen LogP contribution in [-0.4, -0.2) is 52.9 Å². The monoisotopic (exact) mass is 373 g/mol. The van der Waals surface area contributed by atoms with Crippen LogP contribution in [-0.2, 0) is 4.79 Å². The van der Waals surface area contributed by atoms with Gasteiger partial charge >= 0.3 is 0 Å². The van der Waals surface area contributed by atoms with Gasteiger partial charge in [0.05, 0.1) is 12.4 Å². The Kier molecular flexibility index (Phi) is 5.37. The number of anilines is 2. The predicted molar refractivity (Wildman–Crippen MR) is 101 cm³/mol. The minimum Gasteiger partial charge on any atom is -0.352 e. The van der Waals surface area contributed by atoms with E-state index in [-0.39, 0.29) is 17.5 Å². The van der Waals surface area contributed by atoms with Crippen molar-refractivity contribution >= 4 is 34.9 Å². The summed E-state index contributed by atoms with van der Waals surface area (Å²) >= 11 is 5.93. The number of aryl methyl sites for hydroxylation is 1. The van der Waals surface area contributed by atoms with Gasteiger partial charge in [-0.05, 0) is 30.7 Å². The van der Waals surface area contributed by atoms with Gasteiger partial charge in [0.2, 0.25) is 5.91 Å². The van der Waals surface area contributed by atoms with Crippen LogP contribution in [0.3, 0.4) is 0 Å². The van der Waals surface area contributed by atoms with Crippen molar-refractivity contribution in [3.05, 3.63) is 46.9 Å². The van der Waals surface area contributed by atoms with Crippen molar-refractivity contribution in [3.8, 4) is 0 Å². The summed E-state index contributed by atoms with van der Waals surface area (Å²) in [5, 5.41) is 3.43. The molecular formula is C18H20ClN5O2. The molecule has 0 spiro atoms. The summed E-state index contributed by atoms with van der Waals surface area (Å²) < 4.78 is 0. The van der Waals surface area contributed by atoms with Crippen LogP contribution >= 0.6 is 11.6 Å². The second kappa shape index (κ2) is 7.70. The molecule has 0 aliphatic carbocycles. The largest absolute Gasteiger partial charge is 0.352 e. The van der Waals surface area contributed by atoms with Crippen molar-refractivity contribution in [1.29, 1.82) is 0 Å². The van der Waals surface area contributed by atoms with Crippen LogP contribution in [0.15, 0.2) is 30.6 Å². The number of halogens is 1. The van der Waals surface area contributed by atoms with Gasteiger partial charge in [-0.2, -0.15) is 0 Å². The molecule has 7 nitrogen and oxygen atoms in total. The Bertz CT molecular complexity index is 817. The van der Waals surface area contributed by atoms with Gasteiger partial charge < -0.3 is 15.1 Å². The first-order chi connectivity index (χ1) is 12.4. The fourth-order valence-electron chi connectivity index (χ4n) is 2.81. The van der Waals surface area contributed by atoms with E-state index >= 15 is 0 Å². The van der Waals surface area contributed by atoms with E-state index < -0.39 is 0 Å². The molecule has 2 aromatic rings. The van der Waals surface area contributed by atoms with Crippen LogP contribution in [0, 0.1) is 6.92 Å². The maximum atomic E-state index is 12.4. The molecule has 1 aromatic heterocycles. The molecule has 8 heteroatoms. The summed E-state index contributed by atoms with van der Waals surface area (Å²) in [5.74, 6) is 0.462. The fraction of sp³-hybridized carbons (Fsp3) is 0.333. The van der Waals surface area contributed by atoms with Gasteiger partial charge in [-0.3, -0.25) is 9.59 Å². The van der Waals surface area contributed by atoms with E-state index in [0.717, 1.165) is 5.56 Å². The maximum absolute atomic E-state index is 12.4. The highest BCUT2D eigenvalue weighted by Crippen LogP contribution is 2.20. The first-order valence-electron chi connectivity index (χ1n) is 8.34. The molecular weight excluding hydrogens is 354 g/mol. The van der Waals surface area contributed by atoms with E-state index in [4.69, 9.17) is 11.6 Å². The molecule has 1 aliphatic heterocycles. The van der Waals surface area contributed by atoms with Gasteiger partial charge in [-0.1, -0.05) is 11.6 Å². The molecule has 26 heavy (non-hydrogen) atoms. The summed E-state index contributed by atoms with van der Waals surface area (Å²) in [6, 6.07) is 5.26. The molecule has 0 bridgehead atoms. The second-order valence-corrected chi connectivity index (χ2v) is 6.60. The third-order valence-electron chi connectivity index (χ3n) is 4.36. The standard InChI is InChI=1S/C18H20ClN5O2/c1-12-9-14(19)3-4-15(12)22-18(26)16-10-21-17(11-20-16)24-7-5-23(6-8-24)13(2)25/h3-4,9-11H,5-8H2,1-2H3,(H,22,26). The summed E-state index contributed by atoms with van der Waals surface area (Å²) in [7, 11) is 0. The van der Waals surface area contributed by atoms with Crippen molar-refractivity contribution in [3.63, 3.8) is 0 Å². The van der Waals surface area contributed by atoms with Crippen molar-refractivity contribution in [2.45, 2.75) is 13.8 Å². The zero-order chi connectivity index (χ0) is 18.7. The summed E-state index contributed by atoms with van der Waals surface area (Å²) in [4.78, 5) is 36.2. The van der Waals surface area contributed by atoms with Crippen molar-refractivity contribution < 1.29 is 9.59 Å². The zero-order valence-electron chi connectivity index (χ0n) is 14.7. The average Bonchev–Trinajstić information content (AvgIpc) is 2.64. The van der Waals surface area contributed by atoms with Crippen LogP contribution in [0.25, 0.3) is 0 Å². The number of aromatic nitrogens is 2. The normalized spacial score (nSPS) is 14.3. The highest BCUT2D eigenvalue weighted by atomic mass is 35.5. The van der Waals surface area contributed by atoms with Gasteiger partial charge in [0.25, 0.3) is 5.91 Å². The molecule has 1 N–H and O–H groups in total. The summed E-state index contributed by atoms with van der Waals surface area (Å²) in [6.07, 6.45) is 3.06. The van der Waals surface area contributed by atoms with Crippen LogP contribution in [0.4, 0.5) is 11.5 Å². The summed E-state index contributed by atoms with van der Waals surface area (Å²) in [5.41, 5.74) is 1.80. The fourth-order valence-corrected chi connectivity index (χ4v) is 3.03. The van der Waals surface area contributed by atoms with Gasteiger partial charge in [0.15, 0.2) is 0 Å². The average molecular weight is 374 g/mol. The Hall–Kier alpha value is -2.67. The highest BCUT2D eigenvalue weighted by molar-refractivity contribution is 6.30. The number of benzene rings is 1. The van der Waals surface area contributed by atoms with Gasteiger partial charge in [0, 0.05) is 43.8 Å². The number of nitrogens with zero attached hydrogens (tertiary/aromatic N) is 4. The number of hydrogen-bond acceptors (Lipinski definition) is 5. The molecule has 3 rings (SSSR count). The Morgan fingerprint density at radius 3 is 2.42 bits per heavy atom. The Balaban J connectivity index is 1.64. The maximum Gasteiger partial charge on any atom is 0.275 e. The number of carbonyl (C=O) groups excluding carboxylic acids is 2. The quantitative estimate of drug-likeness (QED) is 0.893. The lowest BCUT2D eigenvalue weighted by Gasteiger charge is -2.34. The molecule has 1 aliphatic rings. The number of rotatable bonds is 3. The zero-order valence-corrected chi connectivity index (χ0v) is 15.5. The third kappa shape index (κ3) is 4.11. The predicted octanol–water partition coefficient (Wildman–Crippen LogP) is 2.36. The van der Waals surface area contributed by atoms with E-state index in [0.29, 0.717) is 42.7 Å². The topological polar surface area (TPSA) is 78.4 Å². The lowest BCUT2D eigenvalue weighted by molar-refractivity contribution is -0.129. The molecule has 2 heterocycles. The number of nitrogens with one attached hydrogen (secondary N) is 1. The van der Waals surface area contributed by atoms with Crippen molar-refractivity contribution in [1.82, 2.24) is 14.9 Å². The smallest absolute Gasteiger partial charge is 0.275 e. The van der Waals surface area contributed by atoms with Crippen LogP contribution in [0.1, 0.15) is 23.0 Å². The van der Waals surface area contributed by atoms with Crippen LogP contribution < -0.4 is 10.2 Å². The molecule has 2 amide bonds. The van der Waals surface area contributed by atoms with Crippen molar-refractivity contribution in [2.75, 3.05) is 36.4 Å². The van der Waals surface area contributed by atoms with Gasteiger partial charge in [-0.25, -0.2) is 9.97 Å². The summed E-state index contributed by atoms with van der Waals surface area (Å²) in [6.45, 7) is 6.17. The van der Waals surface area contributed by atoms with Gasteiger partial charge in [-0.15, -0.1) is 0 Å². The number of piperazine rings is 1. The van der Waals surface area contributed by atoms with Gasteiger partial charge in [0.1, 0.15) is 11.5 Å². The lowest BCUT2D eigenvalue weighted by atomic mass is 10.2. The molecule has 136 valence electrons. The van der Waals surface area contributed by atoms with Crippen molar-refractivity contribution in [2.24, 2.45) is 0 Å². The van der Waals surface area contributed by atoms with E-state index in [2.05, 4.69) is 20.2 Å². The Morgan fingerprint density at radius 1 is 1.12 bits per heavy atom. The highest BCUT2D eigenvalue weighted by Gasteiger charge is 2.20.